The van der Waals surface area contributed by atoms with Gasteiger partial charge in [-0.3, -0.25) is 19.9 Å². The minimum atomic E-state index is -0.543. The fourth-order valence-corrected chi connectivity index (χ4v) is 1.67. The van der Waals surface area contributed by atoms with Crippen molar-refractivity contribution in [3.05, 3.63) is 64.0 Å². The van der Waals surface area contributed by atoms with Gasteiger partial charge in [-0.15, -0.1) is 0 Å². The van der Waals surface area contributed by atoms with Crippen molar-refractivity contribution >= 4 is 11.5 Å². The highest BCUT2D eigenvalue weighted by molar-refractivity contribution is 5.97. The van der Waals surface area contributed by atoms with Crippen molar-refractivity contribution < 1.29 is 14.5 Å². The van der Waals surface area contributed by atoms with Crippen molar-refractivity contribution in [2.45, 2.75) is 13.5 Å². The number of aromatic nitrogens is 1. The van der Waals surface area contributed by atoms with Gasteiger partial charge in [-0.05, 0) is 30.7 Å². The van der Waals surface area contributed by atoms with E-state index in [1.807, 2.05) is 0 Å². The summed E-state index contributed by atoms with van der Waals surface area (Å²) in [5, 5.41) is 10.7. The zero-order valence-electron chi connectivity index (χ0n) is 10.8. The van der Waals surface area contributed by atoms with E-state index in [-0.39, 0.29) is 23.6 Å². The maximum Gasteiger partial charge on any atom is 0.270 e. The van der Waals surface area contributed by atoms with Crippen molar-refractivity contribution in [2.24, 2.45) is 0 Å². The average Bonchev–Trinajstić information content (AvgIpc) is 2.45. The van der Waals surface area contributed by atoms with Crippen molar-refractivity contribution in [1.82, 2.24) is 4.98 Å². The number of non-ortho nitro benzene ring substituents is 1. The minimum absolute atomic E-state index is 0.133. The van der Waals surface area contributed by atoms with Gasteiger partial charge in [-0.2, -0.15) is 0 Å². The van der Waals surface area contributed by atoms with Gasteiger partial charge in [0.05, 0.1) is 10.5 Å². The van der Waals surface area contributed by atoms with Crippen molar-refractivity contribution in [3.63, 3.8) is 0 Å². The fourth-order valence-electron chi connectivity index (χ4n) is 1.67. The monoisotopic (exact) mass is 272 g/mol. The maximum absolute atomic E-state index is 11.5. The van der Waals surface area contributed by atoms with Crippen molar-refractivity contribution in [2.75, 3.05) is 0 Å². The van der Waals surface area contributed by atoms with E-state index in [0.717, 1.165) is 5.56 Å². The summed E-state index contributed by atoms with van der Waals surface area (Å²) < 4.78 is 5.55. The third-order valence-electron chi connectivity index (χ3n) is 2.70. The second kappa shape index (κ2) is 5.92. The van der Waals surface area contributed by atoms with Crippen LogP contribution in [-0.2, 0) is 6.61 Å². The molecule has 1 aromatic carbocycles. The zero-order valence-corrected chi connectivity index (χ0v) is 10.8. The Kier molecular flexibility index (Phi) is 4.05. The number of ketones is 1. The van der Waals surface area contributed by atoms with Gasteiger partial charge in [0.2, 0.25) is 0 Å². The van der Waals surface area contributed by atoms with E-state index in [4.69, 9.17) is 4.74 Å². The summed E-state index contributed by atoms with van der Waals surface area (Å²) in [6, 6.07) is 7.56. The molecule has 1 aromatic heterocycles. The predicted molar refractivity (Wildman–Crippen MR) is 71.7 cm³/mol. The highest BCUT2D eigenvalue weighted by Crippen LogP contribution is 2.25. The summed E-state index contributed by atoms with van der Waals surface area (Å²) in [6.45, 7) is 1.61. The van der Waals surface area contributed by atoms with Crippen LogP contribution in [0.4, 0.5) is 5.69 Å². The number of nitrogens with zero attached hydrogens (tertiary/aromatic N) is 2. The van der Waals surface area contributed by atoms with E-state index < -0.39 is 4.92 Å². The van der Waals surface area contributed by atoms with Crippen LogP contribution >= 0.6 is 0 Å². The van der Waals surface area contributed by atoms with E-state index in [1.54, 1.807) is 24.5 Å². The smallest absolute Gasteiger partial charge is 0.270 e. The lowest BCUT2D eigenvalue weighted by Gasteiger charge is -2.09. The molecule has 20 heavy (non-hydrogen) atoms. The normalized spacial score (nSPS) is 10.1. The Morgan fingerprint density at radius 1 is 1.30 bits per heavy atom. The number of rotatable bonds is 5. The number of carbonyl (C=O) groups is 1. The van der Waals surface area contributed by atoms with Gasteiger partial charge in [0, 0.05) is 24.5 Å². The minimum Gasteiger partial charge on any atom is -0.488 e. The molecule has 102 valence electrons. The van der Waals surface area contributed by atoms with Gasteiger partial charge in [-0.25, -0.2) is 0 Å². The van der Waals surface area contributed by atoms with E-state index in [1.165, 1.54) is 25.1 Å². The SMILES string of the molecule is CC(=O)c1cc([N+](=O)[O-])ccc1OCc1ccncc1. The number of hydrogen-bond donors (Lipinski definition) is 0. The van der Waals surface area contributed by atoms with Gasteiger partial charge in [-0.1, -0.05) is 0 Å². The highest BCUT2D eigenvalue weighted by atomic mass is 16.6. The second-order valence-corrected chi connectivity index (χ2v) is 4.14. The Labute approximate surface area is 115 Å². The number of hydrogen-bond acceptors (Lipinski definition) is 5. The molecule has 0 amide bonds. The van der Waals surface area contributed by atoms with Crippen LogP contribution in [0.3, 0.4) is 0 Å². The lowest BCUT2D eigenvalue weighted by atomic mass is 10.1. The zero-order chi connectivity index (χ0) is 14.5. The first kappa shape index (κ1) is 13.7. The van der Waals surface area contributed by atoms with Crippen molar-refractivity contribution in [1.29, 1.82) is 0 Å². The molecular weight excluding hydrogens is 260 g/mol. The number of ether oxygens (including phenoxy) is 1. The van der Waals surface area contributed by atoms with Crippen LogP contribution in [0.5, 0.6) is 5.75 Å². The lowest BCUT2D eigenvalue weighted by Crippen LogP contribution is -2.03. The van der Waals surface area contributed by atoms with Crippen LogP contribution in [0.2, 0.25) is 0 Å². The molecular formula is C14H12N2O4. The van der Waals surface area contributed by atoms with Gasteiger partial charge in [0.15, 0.2) is 5.78 Å². The summed E-state index contributed by atoms with van der Waals surface area (Å²) in [4.78, 5) is 25.6. The molecule has 2 aromatic rings. The number of carbonyl (C=O) groups excluding carboxylic acids is 1. The van der Waals surface area contributed by atoms with Gasteiger partial charge < -0.3 is 4.74 Å². The summed E-state index contributed by atoms with van der Waals surface area (Å²) in [6.07, 6.45) is 3.28. The van der Waals surface area contributed by atoms with Gasteiger partial charge in [0.1, 0.15) is 12.4 Å². The first-order chi connectivity index (χ1) is 9.58. The van der Waals surface area contributed by atoms with Crippen LogP contribution in [0.1, 0.15) is 22.8 Å². The predicted octanol–water partition coefficient (Wildman–Crippen LogP) is 2.77. The molecule has 0 N–H and O–H groups in total. The number of nitro benzene ring substituents is 1. The molecule has 0 atom stereocenters. The van der Waals surface area contributed by atoms with E-state index >= 15 is 0 Å². The quantitative estimate of drug-likeness (QED) is 0.475. The summed E-state index contributed by atoms with van der Waals surface area (Å²) in [7, 11) is 0. The molecule has 6 nitrogen and oxygen atoms in total. The molecule has 0 unspecified atom stereocenters. The van der Waals surface area contributed by atoms with Crippen LogP contribution < -0.4 is 4.74 Å². The first-order valence-corrected chi connectivity index (χ1v) is 5.89. The fraction of sp³-hybridized carbons (Fsp3) is 0.143. The molecule has 0 fully saturated rings. The lowest BCUT2D eigenvalue weighted by molar-refractivity contribution is -0.384. The number of benzene rings is 1. The van der Waals surface area contributed by atoms with Gasteiger partial charge >= 0.3 is 0 Å². The Hall–Kier alpha value is -2.76. The average molecular weight is 272 g/mol. The topological polar surface area (TPSA) is 82.3 Å². The third-order valence-corrected chi connectivity index (χ3v) is 2.70. The molecule has 6 heteroatoms. The Bertz CT molecular complexity index is 641. The number of pyridine rings is 1. The molecule has 2 rings (SSSR count). The standard InChI is InChI=1S/C14H12N2O4/c1-10(17)13-8-12(16(18)19)2-3-14(13)20-9-11-4-6-15-7-5-11/h2-8H,9H2,1H3. The molecule has 0 aliphatic rings. The Morgan fingerprint density at radius 3 is 2.60 bits per heavy atom. The molecule has 0 radical (unpaired) electrons. The number of Topliss-reactive ketones (excluding diaryl/α,β-unsaturated/α-hetero) is 1. The Morgan fingerprint density at radius 2 is 2.00 bits per heavy atom. The van der Waals surface area contributed by atoms with Crippen LogP contribution in [0.25, 0.3) is 0 Å². The van der Waals surface area contributed by atoms with E-state index in [9.17, 15) is 14.9 Å². The first-order valence-electron chi connectivity index (χ1n) is 5.89. The maximum atomic E-state index is 11.5. The summed E-state index contributed by atoms with van der Waals surface area (Å²) >= 11 is 0. The molecule has 0 spiro atoms. The molecule has 0 saturated carbocycles. The van der Waals surface area contributed by atoms with Gasteiger partial charge in [0.25, 0.3) is 5.69 Å². The van der Waals surface area contributed by atoms with E-state index in [2.05, 4.69) is 4.98 Å². The highest BCUT2D eigenvalue weighted by Gasteiger charge is 2.15. The van der Waals surface area contributed by atoms with E-state index in [0.29, 0.717) is 5.75 Å². The molecule has 0 aliphatic carbocycles. The van der Waals surface area contributed by atoms with Crippen LogP contribution in [0, 0.1) is 10.1 Å². The summed E-state index contributed by atoms with van der Waals surface area (Å²) in [5.41, 5.74) is 0.965. The Balaban J connectivity index is 2.23. The van der Waals surface area contributed by atoms with Crippen LogP contribution in [0.15, 0.2) is 42.7 Å². The number of nitro groups is 1. The van der Waals surface area contributed by atoms with Crippen molar-refractivity contribution in [3.8, 4) is 5.75 Å². The summed E-state index contributed by atoms with van der Waals surface area (Å²) in [5.74, 6) is 0.0540. The van der Waals surface area contributed by atoms with Crippen LogP contribution in [-0.4, -0.2) is 15.7 Å². The molecule has 0 saturated heterocycles. The third kappa shape index (κ3) is 3.17. The molecule has 0 bridgehead atoms. The largest absolute Gasteiger partial charge is 0.488 e. The molecule has 1 heterocycles. The molecule has 0 aliphatic heterocycles. The second-order valence-electron chi connectivity index (χ2n) is 4.14.